The van der Waals surface area contributed by atoms with Crippen LogP contribution in [-0.4, -0.2) is 32.5 Å². The summed E-state index contributed by atoms with van der Waals surface area (Å²) in [7, 11) is 0. The van der Waals surface area contributed by atoms with Crippen LogP contribution in [-0.2, 0) is 0 Å². The number of aromatic nitrogens is 3. The maximum absolute atomic E-state index is 9.36. The molecule has 0 aromatic carbocycles. The van der Waals surface area contributed by atoms with Gasteiger partial charge in [0.25, 0.3) is 0 Å². The van der Waals surface area contributed by atoms with Gasteiger partial charge in [-0.05, 0) is 19.8 Å². The van der Waals surface area contributed by atoms with Gasteiger partial charge in [0.1, 0.15) is 11.6 Å². The van der Waals surface area contributed by atoms with E-state index in [9.17, 15) is 5.11 Å². The summed E-state index contributed by atoms with van der Waals surface area (Å²) in [6.07, 6.45) is 0. The first-order valence-corrected chi connectivity index (χ1v) is 5.23. The van der Waals surface area contributed by atoms with Crippen molar-refractivity contribution >= 4 is 0 Å². The summed E-state index contributed by atoms with van der Waals surface area (Å²) >= 11 is 0. The highest BCUT2D eigenvalue weighted by atomic mass is 16.3. The normalized spacial score (nSPS) is 15.7. The Hall–Kier alpha value is -0.940. The minimum Gasteiger partial charge on any atom is -0.394 e. The van der Waals surface area contributed by atoms with Crippen LogP contribution in [0.15, 0.2) is 0 Å². The summed E-state index contributed by atoms with van der Waals surface area (Å²) in [4.78, 5) is 4.21. The zero-order valence-corrected chi connectivity index (χ0v) is 9.81. The minimum atomic E-state index is -0.189. The topological polar surface area (TPSA) is 77.0 Å². The standard InChI is InChI=1S/C10H20N4O/c1-6(2)10(11)9(5-15)14-8(4)12-7(3)13-14/h6,9-10,15H,5,11H2,1-4H3. The van der Waals surface area contributed by atoms with Crippen molar-refractivity contribution in [2.24, 2.45) is 11.7 Å². The molecule has 1 aromatic heterocycles. The molecule has 0 bridgehead atoms. The van der Waals surface area contributed by atoms with Crippen LogP contribution in [0.1, 0.15) is 31.5 Å². The molecule has 0 radical (unpaired) electrons. The second-order valence-corrected chi connectivity index (χ2v) is 4.22. The summed E-state index contributed by atoms with van der Waals surface area (Å²) in [5, 5.41) is 13.6. The van der Waals surface area contributed by atoms with E-state index in [2.05, 4.69) is 10.1 Å². The van der Waals surface area contributed by atoms with Gasteiger partial charge in [-0.25, -0.2) is 9.67 Å². The average molecular weight is 212 g/mol. The van der Waals surface area contributed by atoms with Crippen LogP contribution in [0.4, 0.5) is 0 Å². The molecule has 0 saturated heterocycles. The van der Waals surface area contributed by atoms with E-state index in [0.29, 0.717) is 11.7 Å². The van der Waals surface area contributed by atoms with Crippen molar-refractivity contribution in [2.75, 3.05) is 6.61 Å². The predicted octanol–water partition coefficient (Wildman–Crippen LogP) is 0.412. The highest BCUT2D eigenvalue weighted by Crippen LogP contribution is 2.16. The lowest BCUT2D eigenvalue weighted by molar-refractivity contribution is 0.176. The second-order valence-electron chi connectivity index (χ2n) is 4.22. The van der Waals surface area contributed by atoms with Gasteiger partial charge in [0.15, 0.2) is 0 Å². The van der Waals surface area contributed by atoms with E-state index in [1.165, 1.54) is 0 Å². The lowest BCUT2D eigenvalue weighted by Gasteiger charge is -2.25. The van der Waals surface area contributed by atoms with Crippen molar-refractivity contribution in [1.82, 2.24) is 14.8 Å². The largest absolute Gasteiger partial charge is 0.394 e. The van der Waals surface area contributed by atoms with E-state index in [1.807, 2.05) is 27.7 Å². The molecule has 1 rings (SSSR count). The molecule has 86 valence electrons. The van der Waals surface area contributed by atoms with Crippen molar-refractivity contribution < 1.29 is 5.11 Å². The molecule has 1 heterocycles. The third kappa shape index (κ3) is 2.54. The molecule has 0 aliphatic rings. The Morgan fingerprint density at radius 1 is 1.40 bits per heavy atom. The third-order valence-corrected chi connectivity index (χ3v) is 2.62. The first-order valence-electron chi connectivity index (χ1n) is 5.23. The summed E-state index contributed by atoms with van der Waals surface area (Å²) in [6.45, 7) is 7.76. The molecule has 0 saturated carbocycles. The number of aliphatic hydroxyl groups is 1. The first kappa shape index (κ1) is 12.1. The SMILES string of the molecule is Cc1nc(C)n(C(CO)C(N)C(C)C)n1. The molecule has 1 aromatic rings. The van der Waals surface area contributed by atoms with Crippen LogP contribution < -0.4 is 5.73 Å². The van der Waals surface area contributed by atoms with Gasteiger partial charge in [-0.2, -0.15) is 5.10 Å². The summed E-state index contributed by atoms with van der Waals surface area (Å²) < 4.78 is 1.72. The van der Waals surface area contributed by atoms with Crippen LogP contribution >= 0.6 is 0 Å². The lowest BCUT2D eigenvalue weighted by atomic mass is 9.98. The van der Waals surface area contributed by atoms with Crippen molar-refractivity contribution in [3.8, 4) is 0 Å². The fourth-order valence-electron chi connectivity index (χ4n) is 1.66. The number of aryl methyl sites for hydroxylation is 2. The average Bonchev–Trinajstić information content (AvgIpc) is 2.47. The smallest absolute Gasteiger partial charge is 0.147 e. The number of rotatable bonds is 4. The van der Waals surface area contributed by atoms with Crippen LogP contribution in [0.25, 0.3) is 0 Å². The number of hydrogen-bond acceptors (Lipinski definition) is 4. The Bertz CT molecular complexity index is 321. The first-order chi connectivity index (χ1) is 6.97. The highest BCUT2D eigenvalue weighted by Gasteiger charge is 2.24. The molecule has 0 aliphatic carbocycles. The molecule has 0 spiro atoms. The van der Waals surface area contributed by atoms with E-state index >= 15 is 0 Å². The molecule has 0 amide bonds. The molecule has 2 atom stereocenters. The van der Waals surface area contributed by atoms with Crippen LogP contribution in [0.3, 0.4) is 0 Å². The highest BCUT2D eigenvalue weighted by molar-refractivity contribution is 4.93. The summed E-state index contributed by atoms with van der Waals surface area (Å²) in [5.74, 6) is 1.80. The maximum Gasteiger partial charge on any atom is 0.147 e. The number of hydrogen-bond donors (Lipinski definition) is 2. The Balaban J connectivity index is 2.96. The van der Waals surface area contributed by atoms with E-state index in [1.54, 1.807) is 4.68 Å². The number of aliphatic hydroxyl groups excluding tert-OH is 1. The number of nitrogens with zero attached hydrogens (tertiary/aromatic N) is 3. The molecular formula is C10H20N4O. The van der Waals surface area contributed by atoms with E-state index in [4.69, 9.17) is 5.73 Å². The third-order valence-electron chi connectivity index (χ3n) is 2.62. The monoisotopic (exact) mass is 212 g/mol. The number of nitrogens with two attached hydrogens (primary N) is 1. The van der Waals surface area contributed by atoms with Crippen molar-refractivity contribution in [3.05, 3.63) is 11.6 Å². The molecule has 5 heteroatoms. The van der Waals surface area contributed by atoms with E-state index < -0.39 is 0 Å². The fraction of sp³-hybridized carbons (Fsp3) is 0.800. The van der Waals surface area contributed by atoms with Gasteiger partial charge in [-0.15, -0.1) is 0 Å². The van der Waals surface area contributed by atoms with Gasteiger partial charge in [-0.3, -0.25) is 0 Å². The van der Waals surface area contributed by atoms with Gasteiger partial charge in [-0.1, -0.05) is 13.8 Å². The molecule has 0 aliphatic heterocycles. The zero-order chi connectivity index (χ0) is 11.6. The van der Waals surface area contributed by atoms with Crippen LogP contribution in [0.2, 0.25) is 0 Å². The second kappa shape index (κ2) is 4.72. The van der Waals surface area contributed by atoms with E-state index in [-0.39, 0.29) is 18.7 Å². The van der Waals surface area contributed by atoms with Gasteiger partial charge in [0.05, 0.1) is 12.6 Å². The van der Waals surface area contributed by atoms with Gasteiger partial charge < -0.3 is 10.8 Å². The Morgan fingerprint density at radius 3 is 2.33 bits per heavy atom. The van der Waals surface area contributed by atoms with Gasteiger partial charge >= 0.3 is 0 Å². The minimum absolute atomic E-state index is 0.0109. The maximum atomic E-state index is 9.36. The molecule has 0 fully saturated rings. The fourth-order valence-corrected chi connectivity index (χ4v) is 1.66. The van der Waals surface area contributed by atoms with Gasteiger partial charge in [0, 0.05) is 6.04 Å². The van der Waals surface area contributed by atoms with Crippen molar-refractivity contribution in [1.29, 1.82) is 0 Å². The van der Waals surface area contributed by atoms with Crippen molar-refractivity contribution in [2.45, 2.75) is 39.8 Å². The molecule has 15 heavy (non-hydrogen) atoms. The molecule has 2 unspecified atom stereocenters. The van der Waals surface area contributed by atoms with Crippen LogP contribution in [0.5, 0.6) is 0 Å². The summed E-state index contributed by atoms with van der Waals surface area (Å²) in [5.41, 5.74) is 6.03. The predicted molar refractivity (Wildman–Crippen MR) is 58.4 cm³/mol. The lowest BCUT2D eigenvalue weighted by Crippen LogP contribution is -2.39. The Kier molecular flexibility index (Phi) is 3.82. The quantitative estimate of drug-likeness (QED) is 0.758. The van der Waals surface area contributed by atoms with Crippen LogP contribution in [0, 0.1) is 19.8 Å². The Labute approximate surface area is 90.3 Å². The summed E-state index contributed by atoms with van der Waals surface area (Å²) in [6, 6.07) is -0.305. The molecule has 5 nitrogen and oxygen atoms in total. The van der Waals surface area contributed by atoms with Crippen molar-refractivity contribution in [3.63, 3.8) is 0 Å². The molecule has 3 N–H and O–H groups in total. The Morgan fingerprint density at radius 2 is 2.00 bits per heavy atom. The van der Waals surface area contributed by atoms with E-state index in [0.717, 1.165) is 5.82 Å². The van der Waals surface area contributed by atoms with Gasteiger partial charge in [0.2, 0.25) is 0 Å². The zero-order valence-electron chi connectivity index (χ0n) is 9.81. The molecular weight excluding hydrogens is 192 g/mol.